The Balaban J connectivity index is 0.000000594. The van der Waals surface area contributed by atoms with Crippen LogP contribution in [0.25, 0.3) is 6.08 Å². The van der Waals surface area contributed by atoms with Gasteiger partial charge in [0.2, 0.25) is 0 Å². The van der Waals surface area contributed by atoms with Crippen LogP contribution >= 0.6 is 0 Å². The molecule has 0 fully saturated rings. The Morgan fingerprint density at radius 1 is 0.410 bits per heavy atom. The van der Waals surface area contributed by atoms with E-state index in [1.807, 2.05) is 109 Å². The molecule has 0 radical (unpaired) electrons. The molecule has 7 nitrogen and oxygen atoms in total. The molecule has 0 aromatic heterocycles. The molecule has 1 aliphatic carbocycles. The molecule has 7 aromatic carbocycles. The van der Waals surface area contributed by atoms with Gasteiger partial charge in [0.25, 0.3) is 0 Å². The lowest BCUT2D eigenvalue weighted by atomic mass is 9.60. The number of para-hydroxylation sites is 4. The van der Waals surface area contributed by atoms with Crippen molar-refractivity contribution >= 4 is 41.8 Å². The van der Waals surface area contributed by atoms with Gasteiger partial charge in [0, 0.05) is 40.9 Å². The van der Waals surface area contributed by atoms with Crippen LogP contribution < -0.4 is 0 Å². The van der Waals surface area contributed by atoms with E-state index in [0.717, 1.165) is 68.0 Å². The summed E-state index contributed by atoms with van der Waals surface area (Å²) in [4.78, 5) is 14.5. The molecule has 1 unspecified atom stereocenters. The maximum absolute atomic E-state index is 11.2. The number of phenolic OH excluding ortho intramolecular Hbond substituents is 4. The highest BCUT2D eigenvalue weighted by Gasteiger charge is 2.43. The first-order chi connectivity index (χ1) is 36.7. The molecule has 0 saturated heterocycles. The number of benzene rings is 7. The zero-order chi connectivity index (χ0) is 56.8. The van der Waals surface area contributed by atoms with Gasteiger partial charge in [-0.05, 0) is 134 Å². The Hall–Kier alpha value is -8.03. The van der Waals surface area contributed by atoms with E-state index in [2.05, 4.69) is 151 Å². The molecule has 4 N–H and O–H groups in total. The Morgan fingerprint density at radius 2 is 0.692 bits per heavy atom. The summed E-state index contributed by atoms with van der Waals surface area (Å²) in [5, 5.41) is 43.3. The van der Waals surface area contributed by atoms with Crippen molar-refractivity contribution in [3.8, 4) is 23.0 Å². The zero-order valence-electron chi connectivity index (χ0n) is 48.0. The second-order valence-electron chi connectivity index (χ2n) is 24.6. The molecule has 1 aliphatic rings. The molecule has 0 bridgehead atoms. The molecular formula is C71H79N3O4. The fourth-order valence-electron chi connectivity index (χ4n) is 10.2. The molecule has 0 saturated carbocycles. The minimum atomic E-state index is -0.654. The smallest absolute Gasteiger partial charge is 0.128 e. The van der Waals surface area contributed by atoms with Crippen LogP contribution in [0, 0.1) is 5.92 Å². The van der Waals surface area contributed by atoms with Crippen molar-refractivity contribution in [3.63, 3.8) is 0 Å². The van der Waals surface area contributed by atoms with Gasteiger partial charge in [-0.2, -0.15) is 0 Å². The average molecular weight is 1040 g/mol. The second kappa shape index (κ2) is 23.3. The van der Waals surface area contributed by atoms with Gasteiger partial charge < -0.3 is 20.4 Å². The first kappa shape index (κ1) is 57.7. The third-order valence-electron chi connectivity index (χ3n) is 14.6. The third kappa shape index (κ3) is 13.0. The Bertz CT molecular complexity index is 3120. The van der Waals surface area contributed by atoms with Crippen molar-refractivity contribution in [1.82, 2.24) is 0 Å². The van der Waals surface area contributed by atoms with Crippen LogP contribution in [0.3, 0.4) is 0 Å². The first-order valence-corrected chi connectivity index (χ1v) is 26.9. The fraction of sp³-hybridized carbons (Fsp3) is 0.282. The molecule has 78 heavy (non-hydrogen) atoms. The molecule has 8 rings (SSSR count). The predicted molar refractivity (Wildman–Crippen MR) is 329 cm³/mol. The number of hydrogen-bond acceptors (Lipinski definition) is 7. The Morgan fingerprint density at radius 3 is 0.949 bits per heavy atom. The molecule has 0 aliphatic heterocycles. The summed E-state index contributed by atoms with van der Waals surface area (Å²) < 4.78 is 0. The van der Waals surface area contributed by atoms with Gasteiger partial charge in [-0.25, -0.2) is 0 Å². The Labute approximate surface area is 464 Å². The second-order valence-corrected chi connectivity index (χ2v) is 24.6. The van der Waals surface area contributed by atoms with Crippen molar-refractivity contribution < 1.29 is 20.4 Å². The van der Waals surface area contributed by atoms with Gasteiger partial charge in [0.15, 0.2) is 0 Å². The fourth-order valence-corrected chi connectivity index (χ4v) is 10.2. The van der Waals surface area contributed by atoms with Gasteiger partial charge in [-0.3, -0.25) is 15.0 Å². The maximum atomic E-state index is 11.2. The number of aliphatic imine (C=N–C) groups is 3. The highest BCUT2D eigenvalue weighted by Crippen LogP contribution is 2.50. The summed E-state index contributed by atoms with van der Waals surface area (Å²) in [5.41, 5.74) is 11.9. The summed E-state index contributed by atoms with van der Waals surface area (Å²) in [6.45, 7) is 30.8. The summed E-state index contributed by atoms with van der Waals surface area (Å²) in [6.07, 6.45) is 14.6. The van der Waals surface area contributed by atoms with Gasteiger partial charge in [0.1, 0.15) is 23.0 Å². The van der Waals surface area contributed by atoms with E-state index in [1.54, 1.807) is 24.7 Å². The number of hydrogen-bond donors (Lipinski definition) is 4. The van der Waals surface area contributed by atoms with Crippen molar-refractivity contribution in [1.29, 1.82) is 0 Å². The van der Waals surface area contributed by atoms with E-state index in [4.69, 9.17) is 15.0 Å². The number of nitrogens with zero attached hydrogens (tertiary/aromatic N) is 3. The lowest BCUT2D eigenvalue weighted by Crippen LogP contribution is -2.37. The lowest BCUT2D eigenvalue weighted by Gasteiger charge is -2.42. The standard InChI is InChI=1S/C59H63N3O3.C12H16O/c1-39-20-22-43(23-21-39)59(44-24-30-47(31-25-44)60-36-40-14-11-17-50(53(40)63)56(2,3)4,45-26-32-48(33-27-45)61-37-41-15-12-18-51(54(41)64)57(5,6)7)46-28-34-49(35-29-46)62-38-42-16-13-19-52(55(42)65)58(8,9)10;1-5-9-7-6-8-10(11(9)13)12(2,3)4/h11-22,24-38,43,63-65H,23H2,1-10H3;5-8,13H,1H2,2-4H3. The normalized spacial score (nSPS) is 15.0. The van der Waals surface area contributed by atoms with Crippen LogP contribution in [-0.2, 0) is 27.1 Å². The van der Waals surface area contributed by atoms with Crippen LogP contribution in [0.1, 0.15) is 158 Å². The van der Waals surface area contributed by atoms with Gasteiger partial charge in [-0.1, -0.05) is 211 Å². The van der Waals surface area contributed by atoms with E-state index in [0.29, 0.717) is 22.4 Å². The van der Waals surface area contributed by atoms with Gasteiger partial charge in [-0.15, -0.1) is 0 Å². The van der Waals surface area contributed by atoms with E-state index >= 15 is 0 Å². The predicted octanol–water partition coefficient (Wildman–Crippen LogP) is 18.1. The highest BCUT2D eigenvalue weighted by atomic mass is 16.3. The van der Waals surface area contributed by atoms with Crippen molar-refractivity contribution in [2.75, 3.05) is 0 Å². The molecule has 0 spiro atoms. The molecule has 7 heteroatoms. The third-order valence-corrected chi connectivity index (χ3v) is 14.6. The van der Waals surface area contributed by atoms with E-state index in [-0.39, 0.29) is 44.8 Å². The van der Waals surface area contributed by atoms with Gasteiger partial charge in [0.05, 0.1) is 22.5 Å². The van der Waals surface area contributed by atoms with Gasteiger partial charge >= 0.3 is 0 Å². The van der Waals surface area contributed by atoms with Crippen LogP contribution in [0.15, 0.2) is 191 Å². The lowest BCUT2D eigenvalue weighted by molar-refractivity contribution is 0.445. The van der Waals surface area contributed by atoms with Crippen LogP contribution in [0.4, 0.5) is 17.1 Å². The summed E-state index contributed by atoms with van der Waals surface area (Å²) >= 11 is 0. The molecule has 1 atom stereocenters. The van der Waals surface area contributed by atoms with E-state index < -0.39 is 5.41 Å². The maximum Gasteiger partial charge on any atom is 0.128 e. The molecule has 402 valence electrons. The monoisotopic (exact) mass is 1040 g/mol. The number of phenols is 4. The minimum absolute atomic E-state index is 0.0247. The summed E-state index contributed by atoms with van der Waals surface area (Å²) in [7, 11) is 0. The molecular weight excluding hydrogens is 959 g/mol. The van der Waals surface area contributed by atoms with Crippen LogP contribution in [-0.4, -0.2) is 39.1 Å². The van der Waals surface area contributed by atoms with Crippen molar-refractivity contribution in [3.05, 3.63) is 237 Å². The largest absolute Gasteiger partial charge is 0.507 e. The van der Waals surface area contributed by atoms with E-state index in [1.165, 1.54) is 5.57 Å². The molecule has 0 amide bonds. The number of aromatic hydroxyl groups is 4. The van der Waals surface area contributed by atoms with Crippen molar-refractivity contribution in [2.24, 2.45) is 20.9 Å². The zero-order valence-corrected chi connectivity index (χ0v) is 48.0. The Kier molecular flexibility index (Phi) is 17.2. The first-order valence-electron chi connectivity index (χ1n) is 26.9. The van der Waals surface area contributed by atoms with Crippen LogP contribution in [0.5, 0.6) is 23.0 Å². The average Bonchev–Trinajstić information content (AvgIpc) is 3.38. The topological polar surface area (TPSA) is 118 Å². The van der Waals surface area contributed by atoms with E-state index in [9.17, 15) is 20.4 Å². The number of rotatable bonds is 11. The SMILES string of the molecule is C=Cc1cccc(C(C)(C)C)c1O.CC1=CCC(C(c2ccc(N=Cc3cccc(C(C)(C)C)c3O)cc2)(c2ccc(N=Cc3cccc(C(C)(C)C)c3O)cc2)c2ccc(N=Cc3cccc(C(C)(C)C)c3O)cc2)C=C1. The van der Waals surface area contributed by atoms with Crippen LogP contribution in [0.2, 0.25) is 0 Å². The molecule has 0 heterocycles. The number of allylic oxidation sites excluding steroid dienone is 4. The minimum Gasteiger partial charge on any atom is -0.507 e. The summed E-state index contributed by atoms with van der Waals surface area (Å²) in [6, 6.07) is 48.5. The highest BCUT2D eigenvalue weighted by molar-refractivity contribution is 5.88. The molecule has 7 aromatic rings. The quantitative estimate of drug-likeness (QED) is 0.0762. The van der Waals surface area contributed by atoms with Crippen molar-refractivity contribution in [2.45, 2.75) is 124 Å². The summed E-state index contributed by atoms with van der Waals surface area (Å²) in [5.74, 6) is 1.13.